The third-order valence-electron chi connectivity index (χ3n) is 3.02. The van der Waals surface area contributed by atoms with E-state index in [0.29, 0.717) is 11.3 Å². The van der Waals surface area contributed by atoms with E-state index in [1.807, 2.05) is 24.3 Å². The largest absolute Gasteiger partial charge is 0.496 e. The molecule has 0 aliphatic rings. The number of aromatic nitrogens is 1. The molecule has 0 N–H and O–H groups in total. The lowest BCUT2D eigenvalue weighted by Gasteiger charge is -2.15. The van der Waals surface area contributed by atoms with E-state index < -0.39 is 0 Å². The minimum Gasteiger partial charge on any atom is -0.496 e. The highest BCUT2D eigenvalue weighted by Crippen LogP contribution is 2.31. The fourth-order valence-electron chi connectivity index (χ4n) is 2.04. The zero-order valence-corrected chi connectivity index (χ0v) is 13.0. The number of thiazole rings is 1. The van der Waals surface area contributed by atoms with Gasteiger partial charge in [0.05, 0.1) is 17.8 Å². The number of hydrogen-bond acceptors (Lipinski definition) is 4. The molecule has 0 saturated heterocycles. The van der Waals surface area contributed by atoms with Crippen LogP contribution in [0.5, 0.6) is 5.75 Å². The molecule has 20 heavy (non-hydrogen) atoms. The molecule has 0 aliphatic carbocycles. The average molecular weight is 286 g/mol. The predicted octanol–water partition coefficient (Wildman–Crippen LogP) is 3.91. The molecule has 0 atom stereocenters. The molecular formula is C16H18N2OS. The predicted molar refractivity (Wildman–Crippen MR) is 81.3 cm³/mol. The van der Waals surface area contributed by atoms with Crippen LogP contribution in [0.3, 0.4) is 0 Å². The molecule has 1 heterocycles. The van der Waals surface area contributed by atoms with Crippen LogP contribution in [0.25, 0.3) is 0 Å². The second-order valence-corrected chi connectivity index (χ2v) is 6.72. The molecule has 0 saturated carbocycles. The van der Waals surface area contributed by atoms with Crippen molar-refractivity contribution in [2.75, 3.05) is 7.11 Å². The first kappa shape index (κ1) is 14.5. The average Bonchev–Trinajstić information content (AvgIpc) is 2.82. The molecule has 2 rings (SSSR count). The highest BCUT2D eigenvalue weighted by Gasteiger charge is 2.23. The van der Waals surface area contributed by atoms with Crippen molar-refractivity contribution in [3.8, 4) is 11.8 Å². The molecule has 0 radical (unpaired) electrons. The van der Waals surface area contributed by atoms with Gasteiger partial charge < -0.3 is 4.74 Å². The lowest BCUT2D eigenvalue weighted by Crippen LogP contribution is -2.13. The third-order valence-corrected chi connectivity index (χ3v) is 3.98. The fourth-order valence-corrected chi connectivity index (χ4v) is 3.13. The number of para-hydroxylation sites is 1. The molecule has 104 valence electrons. The molecule has 0 amide bonds. The van der Waals surface area contributed by atoms with E-state index in [0.717, 1.165) is 22.0 Å². The lowest BCUT2D eigenvalue weighted by atomic mass is 9.91. The van der Waals surface area contributed by atoms with Gasteiger partial charge in [0.2, 0.25) is 0 Å². The van der Waals surface area contributed by atoms with E-state index in [1.54, 1.807) is 7.11 Å². The summed E-state index contributed by atoms with van der Waals surface area (Å²) >= 11 is 1.47. The molecule has 1 aromatic carbocycles. The Kier molecular flexibility index (Phi) is 4.10. The summed E-state index contributed by atoms with van der Waals surface area (Å²) in [5.74, 6) is 0.860. The summed E-state index contributed by atoms with van der Waals surface area (Å²) in [6, 6.07) is 10.2. The molecule has 0 fully saturated rings. The monoisotopic (exact) mass is 286 g/mol. The van der Waals surface area contributed by atoms with Gasteiger partial charge in [0.15, 0.2) is 0 Å². The Balaban J connectivity index is 2.36. The van der Waals surface area contributed by atoms with Crippen LogP contribution < -0.4 is 4.74 Å². The van der Waals surface area contributed by atoms with Gasteiger partial charge in [-0.3, -0.25) is 0 Å². The smallest absolute Gasteiger partial charge is 0.128 e. The molecule has 0 unspecified atom stereocenters. The number of nitrogens with zero attached hydrogens (tertiary/aromatic N) is 2. The standard InChI is InChI=1S/C16H18N2OS/c1-16(2,3)15-13(10-17)20-14(18-15)9-11-7-5-6-8-12(11)19-4/h5-8H,9H2,1-4H3. The Bertz CT molecular complexity index is 647. The summed E-state index contributed by atoms with van der Waals surface area (Å²) in [6.45, 7) is 6.24. The highest BCUT2D eigenvalue weighted by molar-refractivity contribution is 7.12. The number of rotatable bonds is 3. The Hall–Kier alpha value is -1.86. The Morgan fingerprint density at radius 3 is 2.55 bits per heavy atom. The number of ether oxygens (including phenoxy) is 1. The maximum atomic E-state index is 9.26. The first-order valence-corrected chi connectivity index (χ1v) is 7.29. The number of nitriles is 1. The Morgan fingerprint density at radius 1 is 1.30 bits per heavy atom. The van der Waals surface area contributed by atoms with Gasteiger partial charge in [-0.05, 0) is 6.07 Å². The van der Waals surface area contributed by atoms with Gasteiger partial charge in [-0.25, -0.2) is 4.98 Å². The van der Waals surface area contributed by atoms with Crippen molar-refractivity contribution in [1.82, 2.24) is 4.98 Å². The first-order chi connectivity index (χ1) is 9.45. The highest BCUT2D eigenvalue weighted by atomic mass is 32.1. The van der Waals surface area contributed by atoms with Gasteiger partial charge in [0.25, 0.3) is 0 Å². The summed E-state index contributed by atoms with van der Waals surface area (Å²) < 4.78 is 5.36. The van der Waals surface area contributed by atoms with Crippen molar-refractivity contribution >= 4 is 11.3 Å². The maximum absolute atomic E-state index is 9.26. The lowest BCUT2D eigenvalue weighted by molar-refractivity contribution is 0.410. The van der Waals surface area contributed by atoms with Gasteiger partial charge in [-0.2, -0.15) is 5.26 Å². The summed E-state index contributed by atoms with van der Waals surface area (Å²) in [5, 5.41) is 10.2. The van der Waals surface area contributed by atoms with E-state index in [4.69, 9.17) is 4.74 Å². The number of methoxy groups -OCH3 is 1. The molecule has 3 nitrogen and oxygen atoms in total. The molecule has 1 aromatic heterocycles. The van der Waals surface area contributed by atoms with Crippen molar-refractivity contribution in [3.63, 3.8) is 0 Å². The van der Waals surface area contributed by atoms with Crippen molar-refractivity contribution in [1.29, 1.82) is 5.26 Å². The van der Waals surface area contributed by atoms with E-state index in [1.165, 1.54) is 11.3 Å². The second-order valence-electron chi connectivity index (χ2n) is 5.64. The van der Waals surface area contributed by atoms with E-state index in [9.17, 15) is 5.26 Å². The van der Waals surface area contributed by atoms with E-state index in [-0.39, 0.29) is 5.41 Å². The van der Waals surface area contributed by atoms with Gasteiger partial charge in [-0.15, -0.1) is 11.3 Å². The minimum absolute atomic E-state index is 0.111. The van der Waals surface area contributed by atoms with Crippen LogP contribution in [0.15, 0.2) is 24.3 Å². The summed E-state index contributed by atoms with van der Waals surface area (Å²) in [6.07, 6.45) is 0.694. The summed E-state index contributed by atoms with van der Waals surface area (Å²) in [7, 11) is 1.67. The second kappa shape index (κ2) is 5.64. The van der Waals surface area contributed by atoms with E-state index in [2.05, 4.69) is 31.8 Å². The summed E-state index contributed by atoms with van der Waals surface area (Å²) in [5.41, 5.74) is 1.87. The van der Waals surface area contributed by atoms with Crippen LogP contribution in [0.4, 0.5) is 0 Å². The number of benzene rings is 1. The zero-order valence-electron chi connectivity index (χ0n) is 12.2. The van der Waals surface area contributed by atoms with Crippen LogP contribution in [0.2, 0.25) is 0 Å². The van der Waals surface area contributed by atoms with Crippen LogP contribution in [-0.4, -0.2) is 12.1 Å². The Morgan fingerprint density at radius 2 is 2.00 bits per heavy atom. The van der Waals surface area contributed by atoms with Crippen molar-refractivity contribution in [3.05, 3.63) is 45.4 Å². The van der Waals surface area contributed by atoms with Crippen molar-refractivity contribution in [2.24, 2.45) is 0 Å². The van der Waals surface area contributed by atoms with Gasteiger partial charge in [-0.1, -0.05) is 39.0 Å². The van der Waals surface area contributed by atoms with Gasteiger partial charge in [0, 0.05) is 17.4 Å². The third kappa shape index (κ3) is 3.00. The van der Waals surface area contributed by atoms with Gasteiger partial charge in [0.1, 0.15) is 16.7 Å². The topological polar surface area (TPSA) is 45.9 Å². The molecule has 4 heteroatoms. The number of hydrogen-bond donors (Lipinski definition) is 0. The van der Waals surface area contributed by atoms with Crippen molar-refractivity contribution in [2.45, 2.75) is 32.6 Å². The van der Waals surface area contributed by atoms with E-state index >= 15 is 0 Å². The minimum atomic E-state index is -0.111. The van der Waals surface area contributed by atoms with Crippen LogP contribution in [0, 0.1) is 11.3 Å². The van der Waals surface area contributed by atoms with Crippen molar-refractivity contribution < 1.29 is 4.74 Å². The van der Waals surface area contributed by atoms with Crippen LogP contribution >= 0.6 is 11.3 Å². The molecule has 2 aromatic rings. The van der Waals surface area contributed by atoms with Crippen LogP contribution in [-0.2, 0) is 11.8 Å². The zero-order chi connectivity index (χ0) is 14.8. The first-order valence-electron chi connectivity index (χ1n) is 6.48. The molecule has 0 bridgehead atoms. The Labute approximate surface area is 123 Å². The molecule has 0 spiro atoms. The summed E-state index contributed by atoms with van der Waals surface area (Å²) in [4.78, 5) is 5.37. The quantitative estimate of drug-likeness (QED) is 0.859. The molecule has 0 aliphatic heterocycles. The van der Waals surface area contributed by atoms with Gasteiger partial charge >= 0.3 is 0 Å². The SMILES string of the molecule is COc1ccccc1Cc1nc(C(C)(C)C)c(C#N)s1. The van der Waals surface area contributed by atoms with Crippen LogP contribution in [0.1, 0.15) is 41.9 Å². The fraction of sp³-hybridized carbons (Fsp3) is 0.375. The molecular weight excluding hydrogens is 268 g/mol. The normalized spacial score (nSPS) is 11.2. The maximum Gasteiger partial charge on any atom is 0.128 e.